The molecular formula is C20H21FN2O4. The summed E-state index contributed by atoms with van der Waals surface area (Å²) >= 11 is 0. The molecular weight excluding hydrogens is 351 g/mol. The van der Waals surface area contributed by atoms with Crippen LogP contribution in [-0.4, -0.2) is 22.2 Å². The van der Waals surface area contributed by atoms with E-state index in [1.807, 2.05) is 6.92 Å². The molecule has 0 fully saturated rings. The average molecular weight is 372 g/mol. The molecule has 1 aromatic carbocycles. The number of benzene rings is 1. The Balaban J connectivity index is 1.80. The number of carbonyl (C=O) groups excluding carboxylic acids is 1. The van der Waals surface area contributed by atoms with Crippen molar-refractivity contribution >= 4 is 5.78 Å². The molecule has 6 nitrogen and oxygen atoms in total. The normalized spacial score (nSPS) is 10.9. The van der Waals surface area contributed by atoms with E-state index >= 15 is 0 Å². The summed E-state index contributed by atoms with van der Waals surface area (Å²) in [6.07, 6.45) is 2.13. The first-order valence-corrected chi connectivity index (χ1v) is 8.79. The highest BCUT2D eigenvalue weighted by Gasteiger charge is 2.24. The van der Waals surface area contributed by atoms with Gasteiger partial charge in [-0.2, -0.15) is 0 Å². The maximum atomic E-state index is 13.0. The molecule has 0 unspecified atom stereocenters. The van der Waals surface area contributed by atoms with Crippen molar-refractivity contribution < 1.29 is 18.3 Å². The SMILES string of the molecule is CCCCOc1c(C(=O)c2ccc(Cc3ccc(F)cc3)o2)[nH]n(C)c1=O. The van der Waals surface area contributed by atoms with Crippen molar-refractivity contribution in [3.63, 3.8) is 0 Å². The van der Waals surface area contributed by atoms with Gasteiger partial charge in [0.25, 0.3) is 0 Å². The third kappa shape index (κ3) is 4.19. The van der Waals surface area contributed by atoms with Gasteiger partial charge < -0.3 is 9.15 Å². The maximum Gasteiger partial charge on any atom is 0.309 e. The van der Waals surface area contributed by atoms with E-state index in [2.05, 4.69) is 5.10 Å². The van der Waals surface area contributed by atoms with Crippen LogP contribution < -0.4 is 10.3 Å². The molecule has 3 aromatic rings. The molecule has 0 radical (unpaired) electrons. The number of H-pyrrole nitrogens is 1. The number of nitrogens with one attached hydrogen (secondary N) is 1. The quantitative estimate of drug-likeness (QED) is 0.485. The zero-order valence-electron chi connectivity index (χ0n) is 15.3. The Morgan fingerprint density at radius 3 is 2.67 bits per heavy atom. The van der Waals surface area contributed by atoms with Gasteiger partial charge in [-0.15, -0.1) is 0 Å². The van der Waals surface area contributed by atoms with Gasteiger partial charge in [0.15, 0.2) is 11.5 Å². The monoisotopic (exact) mass is 372 g/mol. The summed E-state index contributed by atoms with van der Waals surface area (Å²) < 4.78 is 25.4. The molecule has 27 heavy (non-hydrogen) atoms. The highest BCUT2D eigenvalue weighted by atomic mass is 19.1. The van der Waals surface area contributed by atoms with Gasteiger partial charge in [-0.1, -0.05) is 25.5 Å². The Bertz CT molecular complexity index is 982. The van der Waals surface area contributed by atoms with E-state index in [0.717, 1.165) is 18.4 Å². The molecule has 0 aliphatic rings. The molecule has 0 amide bonds. The number of aryl methyl sites for hydroxylation is 1. The van der Waals surface area contributed by atoms with Crippen molar-refractivity contribution in [3.05, 3.63) is 75.3 Å². The van der Waals surface area contributed by atoms with Gasteiger partial charge in [-0.25, -0.2) is 4.39 Å². The lowest BCUT2D eigenvalue weighted by molar-refractivity contribution is 0.0998. The van der Waals surface area contributed by atoms with Crippen molar-refractivity contribution in [2.45, 2.75) is 26.2 Å². The fourth-order valence-corrected chi connectivity index (χ4v) is 2.66. The van der Waals surface area contributed by atoms with E-state index in [1.54, 1.807) is 24.3 Å². The molecule has 0 aliphatic carbocycles. The van der Waals surface area contributed by atoms with Gasteiger partial charge in [-0.05, 0) is 36.2 Å². The summed E-state index contributed by atoms with van der Waals surface area (Å²) in [5.41, 5.74) is 0.537. The molecule has 2 heterocycles. The molecule has 0 spiro atoms. The first-order valence-electron chi connectivity index (χ1n) is 8.79. The second-order valence-electron chi connectivity index (χ2n) is 6.28. The van der Waals surface area contributed by atoms with Crippen LogP contribution in [0.2, 0.25) is 0 Å². The molecule has 0 saturated carbocycles. The topological polar surface area (TPSA) is 77.2 Å². The molecule has 0 bridgehead atoms. The van der Waals surface area contributed by atoms with Crippen LogP contribution in [0.5, 0.6) is 5.75 Å². The van der Waals surface area contributed by atoms with E-state index < -0.39 is 11.3 Å². The third-order valence-corrected chi connectivity index (χ3v) is 4.15. The van der Waals surface area contributed by atoms with Crippen LogP contribution in [0.3, 0.4) is 0 Å². The van der Waals surface area contributed by atoms with E-state index in [0.29, 0.717) is 18.8 Å². The van der Waals surface area contributed by atoms with Crippen LogP contribution >= 0.6 is 0 Å². The summed E-state index contributed by atoms with van der Waals surface area (Å²) in [7, 11) is 1.52. The Morgan fingerprint density at radius 1 is 1.22 bits per heavy atom. The Hall–Kier alpha value is -3.09. The predicted molar refractivity (Wildman–Crippen MR) is 97.8 cm³/mol. The standard InChI is InChI=1S/C20H21FN2O4/c1-3-4-11-26-19-17(22-23(2)20(19)25)18(24)16-10-9-15(27-16)12-13-5-7-14(21)8-6-13/h5-10,22H,3-4,11-12H2,1-2H3. The van der Waals surface area contributed by atoms with Crippen LogP contribution in [0, 0.1) is 5.82 Å². The van der Waals surface area contributed by atoms with Crippen molar-refractivity contribution in [1.82, 2.24) is 9.78 Å². The predicted octanol–water partition coefficient (Wildman–Crippen LogP) is 3.45. The number of unbranched alkanes of at least 4 members (excludes halogenated alkanes) is 1. The molecule has 0 aliphatic heterocycles. The second kappa shape index (κ2) is 8.07. The molecule has 3 rings (SSSR count). The number of aromatic nitrogens is 2. The molecule has 0 atom stereocenters. The van der Waals surface area contributed by atoms with Crippen LogP contribution in [0.4, 0.5) is 4.39 Å². The minimum absolute atomic E-state index is 0.00688. The lowest BCUT2D eigenvalue weighted by Gasteiger charge is -2.03. The summed E-state index contributed by atoms with van der Waals surface area (Å²) in [6.45, 7) is 2.37. The molecule has 2 aromatic heterocycles. The van der Waals surface area contributed by atoms with Crippen LogP contribution in [0.1, 0.15) is 47.3 Å². The maximum absolute atomic E-state index is 13.0. The summed E-state index contributed by atoms with van der Waals surface area (Å²) in [5.74, 6) is -0.0827. The Kier molecular flexibility index (Phi) is 5.59. The second-order valence-corrected chi connectivity index (χ2v) is 6.28. The summed E-state index contributed by atoms with van der Waals surface area (Å²) in [4.78, 5) is 25.0. The number of halogens is 1. The van der Waals surface area contributed by atoms with E-state index in [1.165, 1.54) is 23.9 Å². The van der Waals surface area contributed by atoms with Gasteiger partial charge in [0.2, 0.25) is 11.5 Å². The summed E-state index contributed by atoms with van der Waals surface area (Å²) in [6, 6.07) is 9.32. The fourth-order valence-electron chi connectivity index (χ4n) is 2.66. The van der Waals surface area contributed by atoms with Gasteiger partial charge in [0.05, 0.1) is 6.61 Å². The lowest BCUT2D eigenvalue weighted by atomic mass is 10.1. The number of carbonyl (C=O) groups is 1. The number of hydrogen-bond donors (Lipinski definition) is 1. The molecule has 7 heteroatoms. The van der Waals surface area contributed by atoms with Crippen molar-refractivity contribution in [2.24, 2.45) is 7.05 Å². The van der Waals surface area contributed by atoms with Crippen LogP contribution in [0.15, 0.2) is 45.6 Å². The highest BCUT2D eigenvalue weighted by Crippen LogP contribution is 2.20. The highest BCUT2D eigenvalue weighted by molar-refractivity contribution is 6.07. The van der Waals surface area contributed by atoms with E-state index in [4.69, 9.17) is 9.15 Å². The zero-order chi connectivity index (χ0) is 19.4. The number of rotatable bonds is 8. The zero-order valence-corrected chi connectivity index (χ0v) is 15.3. The minimum Gasteiger partial charge on any atom is -0.486 e. The number of hydrogen-bond acceptors (Lipinski definition) is 4. The van der Waals surface area contributed by atoms with Crippen molar-refractivity contribution in [1.29, 1.82) is 0 Å². The first-order chi connectivity index (χ1) is 13.0. The number of ether oxygens (including phenoxy) is 1. The number of nitrogens with zero attached hydrogens (tertiary/aromatic N) is 1. The lowest BCUT2D eigenvalue weighted by Crippen LogP contribution is -2.14. The molecule has 142 valence electrons. The number of aromatic amines is 1. The number of ketones is 1. The van der Waals surface area contributed by atoms with E-state index in [9.17, 15) is 14.0 Å². The van der Waals surface area contributed by atoms with Gasteiger partial charge >= 0.3 is 5.56 Å². The fraction of sp³-hybridized carbons (Fsp3) is 0.300. The Morgan fingerprint density at radius 2 is 1.96 bits per heavy atom. The smallest absolute Gasteiger partial charge is 0.309 e. The van der Waals surface area contributed by atoms with Crippen LogP contribution in [-0.2, 0) is 13.5 Å². The average Bonchev–Trinajstić information content (AvgIpc) is 3.23. The Labute approximate surface area is 155 Å². The molecule has 1 N–H and O–H groups in total. The molecule has 0 saturated heterocycles. The largest absolute Gasteiger partial charge is 0.486 e. The third-order valence-electron chi connectivity index (χ3n) is 4.15. The van der Waals surface area contributed by atoms with E-state index in [-0.39, 0.29) is 23.0 Å². The van der Waals surface area contributed by atoms with Gasteiger partial charge in [-0.3, -0.25) is 19.4 Å². The first kappa shape index (κ1) is 18.7. The number of furan rings is 1. The van der Waals surface area contributed by atoms with Gasteiger partial charge in [0.1, 0.15) is 11.6 Å². The summed E-state index contributed by atoms with van der Waals surface area (Å²) in [5, 5.41) is 2.73. The van der Waals surface area contributed by atoms with Crippen LogP contribution in [0.25, 0.3) is 0 Å². The van der Waals surface area contributed by atoms with Crippen molar-refractivity contribution in [2.75, 3.05) is 6.61 Å². The van der Waals surface area contributed by atoms with Crippen molar-refractivity contribution in [3.8, 4) is 5.75 Å². The van der Waals surface area contributed by atoms with Gasteiger partial charge in [0, 0.05) is 13.5 Å². The minimum atomic E-state index is -0.454.